The van der Waals surface area contributed by atoms with Crippen LogP contribution in [0.4, 0.5) is 0 Å². The highest BCUT2D eigenvalue weighted by atomic mass is 16.3. The van der Waals surface area contributed by atoms with Gasteiger partial charge in [0.2, 0.25) is 0 Å². The van der Waals surface area contributed by atoms with Crippen molar-refractivity contribution in [3.8, 4) is 0 Å². The molecule has 0 saturated carbocycles. The van der Waals surface area contributed by atoms with Crippen molar-refractivity contribution in [2.45, 2.75) is 52.9 Å². The minimum Gasteiger partial charge on any atom is -0.469 e. The summed E-state index contributed by atoms with van der Waals surface area (Å²) in [5.41, 5.74) is 2.74. The van der Waals surface area contributed by atoms with Gasteiger partial charge in [0, 0.05) is 0 Å². The van der Waals surface area contributed by atoms with Gasteiger partial charge >= 0.3 is 0 Å². The molecule has 0 atom stereocenters. The zero-order valence-electron chi connectivity index (χ0n) is 9.02. The van der Waals surface area contributed by atoms with E-state index in [9.17, 15) is 0 Å². The Labute approximate surface area is 81.1 Å². The van der Waals surface area contributed by atoms with Crippen molar-refractivity contribution < 1.29 is 4.42 Å². The maximum absolute atomic E-state index is 5.35. The molecule has 1 aromatic heterocycles. The third kappa shape index (κ3) is 2.91. The first kappa shape index (κ1) is 10.4. The number of aryl methyl sites for hydroxylation is 2. The minimum absolute atomic E-state index is 1.11. The molecule has 13 heavy (non-hydrogen) atoms. The normalized spacial score (nSPS) is 10.7. The molecule has 0 aromatic carbocycles. The summed E-state index contributed by atoms with van der Waals surface area (Å²) in [5, 5.41) is 0. The molecule has 0 radical (unpaired) electrons. The van der Waals surface area contributed by atoms with E-state index >= 15 is 0 Å². The molecule has 0 bridgehead atoms. The second-order valence-corrected chi connectivity index (χ2v) is 3.76. The molecular weight excluding hydrogens is 160 g/mol. The molecule has 74 valence electrons. The van der Waals surface area contributed by atoms with Gasteiger partial charge in [0.05, 0.1) is 6.26 Å². The third-order valence-corrected chi connectivity index (χ3v) is 2.59. The number of furan rings is 1. The van der Waals surface area contributed by atoms with Crippen LogP contribution in [0.15, 0.2) is 10.7 Å². The summed E-state index contributed by atoms with van der Waals surface area (Å²) in [6.45, 7) is 6.43. The molecule has 0 aliphatic heterocycles. The molecule has 0 spiro atoms. The fourth-order valence-electron chi connectivity index (χ4n) is 1.70. The highest BCUT2D eigenvalue weighted by Crippen LogP contribution is 2.18. The summed E-state index contributed by atoms with van der Waals surface area (Å²) in [6, 6.07) is 0. The average Bonchev–Trinajstić information content (AvgIpc) is 2.42. The summed E-state index contributed by atoms with van der Waals surface area (Å²) < 4.78 is 5.35. The topological polar surface area (TPSA) is 13.1 Å². The molecule has 0 fully saturated rings. The summed E-state index contributed by atoms with van der Waals surface area (Å²) >= 11 is 0. The van der Waals surface area contributed by atoms with Crippen LogP contribution in [0.25, 0.3) is 0 Å². The summed E-state index contributed by atoms with van der Waals surface area (Å²) in [7, 11) is 0. The monoisotopic (exact) mass is 180 g/mol. The van der Waals surface area contributed by atoms with E-state index in [-0.39, 0.29) is 0 Å². The van der Waals surface area contributed by atoms with Crippen LogP contribution in [-0.2, 0) is 6.42 Å². The minimum atomic E-state index is 1.11. The van der Waals surface area contributed by atoms with E-state index in [1.54, 1.807) is 0 Å². The van der Waals surface area contributed by atoms with E-state index < -0.39 is 0 Å². The third-order valence-electron chi connectivity index (χ3n) is 2.59. The standard InChI is InChI=1S/C12H20O/c1-4-5-6-7-8-12-10(2)9-13-11(12)3/h9H,4-8H2,1-3H3. The van der Waals surface area contributed by atoms with Crippen molar-refractivity contribution in [2.24, 2.45) is 0 Å². The van der Waals surface area contributed by atoms with Gasteiger partial charge in [-0.3, -0.25) is 0 Å². The van der Waals surface area contributed by atoms with E-state index in [1.165, 1.54) is 43.2 Å². The van der Waals surface area contributed by atoms with Gasteiger partial charge in [-0.25, -0.2) is 0 Å². The van der Waals surface area contributed by atoms with Crippen LogP contribution >= 0.6 is 0 Å². The van der Waals surface area contributed by atoms with Gasteiger partial charge in [0.25, 0.3) is 0 Å². The van der Waals surface area contributed by atoms with Gasteiger partial charge in [-0.15, -0.1) is 0 Å². The van der Waals surface area contributed by atoms with Crippen LogP contribution in [0, 0.1) is 13.8 Å². The molecule has 1 rings (SSSR count). The highest BCUT2D eigenvalue weighted by Gasteiger charge is 2.05. The Bertz CT molecular complexity index is 228. The first-order valence-electron chi connectivity index (χ1n) is 5.29. The molecular formula is C12H20O. The number of rotatable bonds is 5. The predicted molar refractivity (Wildman–Crippen MR) is 56.0 cm³/mol. The zero-order valence-corrected chi connectivity index (χ0v) is 9.02. The number of hydrogen-bond acceptors (Lipinski definition) is 1. The molecule has 1 heteroatoms. The van der Waals surface area contributed by atoms with E-state index in [2.05, 4.69) is 20.8 Å². The maximum Gasteiger partial charge on any atom is 0.104 e. The zero-order chi connectivity index (χ0) is 9.68. The van der Waals surface area contributed by atoms with Crippen molar-refractivity contribution >= 4 is 0 Å². The van der Waals surface area contributed by atoms with E-state index in [4.69, 9.17) is 4.42 Å². The van der Waals surface area contributed by atoms with Crippen molar-refractivity contribution in [1.82, 2.24) is 0 Å². The van der Waals surface area contributed by atoms with Gasteiger partial charge in [-0.1, -0.05) is 26.2 Å². The van der Waals surface area contributed by atoms with E-state index in [0.29, 0.717) is 0 Å². The SMILES string of the molecule is CCCCCCc1c(C)coc1C. The van der Waals surface area contributed by atoms with Crippen LogP contribution in [0.5, 0.6) is 0 Å². The average molecular weight is 180 g/mol. The van der Waals surface area contributed by atoms with Crippen LogP contribution in [0.3, 0.4) is 0 Å². The van der Waals surface area contributed by atoms with Gasteiger partial charge in [0.15, 0.2) is 0 Å². The molecule has 0 aliphatic carbocycles. The lowest BCUT2D eigenvalue weighted by Crippen LogP contribution is -1.88. The quantitative estimate of drug-likeness (QED) is 0.624. The second kappa shape index (κ2) is 5.11. The summed E-state index contributed by atoms with van der Waals surface area (Å²) in [6.07, 6.45) is 8.37. The number of unbranched alkanes of at least 4 members (excludes halogenated alkanes) is 3. The van der Waals surface area contributed by atoms with Gasteiger partial charge in [0.1, 0.15) is 5.76 Å². The smallest absolute Gasteiger partial charge is 0.104 e. The van der Waals surface area contributed by atoms with Crippen LogP contribution in [0.1, 0.15) is 49.5 Å². The van der Waals surface area contributed by atoms with Gasteiger partial charge in [-0.05, 0) is 37.8 Å². The Balaban J connectivity index is 2.36. The Morgan fingerprint density at radius 1 is 1.15 bits per heavy atom. The Kier molecular flexibility index (Phi) is 4.07. The summed E-state index contributed by atoms with van der Waals surface area (Å²) in [4.78, 5) is 0. The lowest BCUT2D eigenvalue weighted by molar-refractivity contribution is 0.527. The van der Waals surface area contributed by atoms with Crippen LogP contribution in [0.2, 0.25) is 0 Å². The molecule has 0 unspecified atom stereocenters. The van der Waals surface area contributed by atoms with E-state index in [1.807, 2.05) is 6.26 Å². The Hall–Kier alpha value is -0.720. The van der Waals surface area contributed by atoms with Crippen LogP contribution < -0.4 is 0 Å². The molecule has 0 saturated heterocycles. The molecule has 1 nitrogen and oxygen atoms in total. The molecule has 1 heterocycles. The number of hydrogen-bond donors (Lipinski definition) is 0. The van der Waals surface area contributed by atoms with E-state index in [0.717, 1.165) is 5.76 Å². The second-order valence-electron chi connectivity index (χ2n) is 3.76. The maximum atomic E-state index is 5.35. The van der Waals surface area contributed by atoms with Gasteiger partial charge < -0.3 is 4.42 Å². The lowest BCUT2D eigenvalue weighted by Gasteiger charge is -2.00. The predicted octanol–water partition coefficient (Wildman–Crippen LogP) is 4.02. The largest absolute Gasteiger partial charge is 0.469 e. The molecule has 1 aromatic rings. The van der Waals surface area contributed by atoms with Crippen LogP contribution in [-0.4, -0.2) is 0 Å². The molecule has 0 N–H and O–H groups in total. The van der Waals surface area contributed by atoms with Crippen molar-refractivity contribution in [1.29, 1.82) is 0 Å². The Morgan fingerprint density at radius 2 is 1.92 bits per heavy atom. The van der Waals surface area contributed by atoms with Gasteiger partial charge in [-0.2, -0.15) is 0 Å². The van der Waals surface area contributed by atoms with Crippen molar-refractivity contribution in [3.63, 3.8) is 0 Å². The highest BCUT2D eigenvalue weighted by molar-refractivity contribution is 5.25. The Morgan fingerprint density at radius 3 is 2.46 bits per heavy atom. The first-order valence-corrected chi connectivity index (χ1v) is 5.29. The summed E-state index contributed by atoms with van der Waals surface area (Å²) in [5.74, 6) is 1.11. The molecule has 0 amide bonds. The fraction of sp³-hybridized carbons (Fsp3) is 0.667. The van der Waals surface area contributed by atoms with Crippen molar-refractivity contribution in [2.75, 3.05) is 0 Å². The molecule has 0 aliphatic rings. The lowest BCUT2D eigenvalue weighted by atomic mass is 10.0. The first-order chi connectivity index (χ1) is 6.25. The fourth-order valence-corrected chi connectivity index (χ4v) is 1.70. The van der Waals surface area contributed by atoms with Crippen molar-refractivity contribution in [3.05, 3.63) is 23.2 Å².